The average Bonchev–Trinajstić information content (AvgIpc) is 3.70. The number of ether oxygens (including phenoxy) is 1. The van der Waals surface area contributed by atoms with Crippen molar-refractivity contribution in [3.8, 4) is 0 Å². The third-order valence-corrected chi connectivity index (χ3v) is 10.6. The van der Waals surface area contributed by atoms with Gasteiger partial charge in [0.1, 0.15) is 6.61 Å². The number of benzene rings is 3. The minimum atomic E-state index is -0.669. The Bertz CT molecular complexity index is 1140. The van der Waals surface area contributed by atoms with Crippen LogP contribution in [0.5, 0.6) is 0 Å². The van der Waals surface area contributed by atoms with Crippen LogP contribution in [-0.4, -0.2) is 18.5 Å². The molecule has 3 aromatic carbocycles. The van der Waals surface area contributed by atoms with Crippen molar-refractivity contribution in [3.63, 3.8) is 0 Å². The standard InChI is InChI=1S/C27H23NOP.C10H15.Fe/c1-4-11-21(12-5-1)19-22-20-29-27(28-22)25-17-10-18-26(25)30(23-13-6-2-7-14-23)24-15-8-3-9-16-24;1-6-7(2)9(4)10(5)8(6)3;/h1-18,22H,19-20H2;1-5H3;/q;;+2/t22-;;/m0../s1. The van der Waals surface area contributed by atoms with Crippen LogP contribution in [0.25, 0.3) is 0 Å². The first-order valence-corrected chi connectivity index (χ1v) is 15.4. The fourth-order valence-electron chi connectivity index (χ4n) is 5.33. The van der Waals surface area contributed by atoms with E-state index in [1.165, 1.54) is 51.4 Å². The molecule has 0 bridgehead atoms. The van der Waals surface area contributed by atoms with Crippen LogP contribution >= 0.6 is 7.92 Å². The summed E-state index contributed by atoms with van der Waals surface area (Å²) in [6.07, 6.45) is 7.42. The van der Waals surface area contributed by atoms with Crippen molar-refractivity contribution in [1.82, 2.24) is 0 Å². The van der Waals surface area contributed by atoms with Gasteiger partial charge in [0.15, 0.2) is 5.90 Å². The zero-order valence-corrected chi connectivity index (χ0v) is 26.5. The van der Waals surface area contributed by atoms with Crippen LogP contribution in [0.15, 0.2) is 96.0 Å². The Morgan fingerprint density at radius 3 is 1.61 bits per heavy atom. The van der Waals surface area contributed by atoms with Crippen LogP contribution in [-0.2, 0) is 28.2 Å². The Morgan fingerprint density at radius 1 is 0.659 bits per heavy atom. The Labute approximate surface area is 261 Å². The molecule has 0 unspecified atom stereocenters. The van der Waals surface area contributed by atoms with Crippen LogP contribution in [0.3, 0.4) is 0 Å². The monoisotopic (exact) mass is 599 g/mol. The van der Waals surface area contributed by atoms with Crippen LogP contribution in [0.4, 0.5) is 0 Å². The zero-order valence-electron chi connectivity index (χ0n) is 24.5. The molecule has 10 radical (unpaired) electrons. The van der Waals surface area contributed by atoms with Gasteiger partial charge in [-0.2, -0.15) is 0 Å². The van der Waals surface area contributed by atoms with E-state index in [4.69, 9.17) is 9.73 Å². The van der Waals surface area contributed by atoms with Gasteiger partial charge in [-0.15, -0.1) is 0 Å². The fourth-order valence-corrected chi connectivity index (χ4v) is 7.77. The van der Waals surface area contributed by atoms with Gasteiger partial charge < -0.3 is 4.74 Å². The van der Waals surface area contributed by atoms with Gasteiger partial charge in [-0.25, -0.2) is 4.99 Å². The molecule has 1 heterocycles. The van der Waals surface area contributed by atoms with E-state index < -0.39 is 7.92 Å². The number of nitrogens with zero attached hydrogens (tertiary/aromatic N) is 1. The second-order valence-electron chi connectivity index (χ2n) is 10.5. The molecule has 2 saturated carbocycles. The zero-order chi connectivity index (χ0) is 28.1. The quantitative estimate of drug-likeness (QED) is 0.209. The van der Waals surface area contributed by atoms with Gasteiger partial charge in [0, 0.05) is 5.66 Å². The molecule has 208 valence electrons. The van der Waals surface area contributed by atoms with Gasteiger partial charge in [-0.1, -0.05) is 126 Å². The normalized spacial score (nSPS) is 21.4. The molecule has 1 atom stereocenters. The number of hydrogen-bond acceptors (Lipinski definition) is 2. The molecule has 0 aromatic heterocycles. The SMILES string of the molecule is C[C]1[C](C)[C](C)[C](C)[C]1C.[CH]1[CH][C](C2=N[C@@H](Cc3ccccc3)CO2)[C](P(c2ccccc2)c2ccccc2)[CH]1.[Fe+2]. The van der Waals surface area contributed by atoms with E-state index in [9.17, 15) is 0 Å². The largest absolute Gasteiger partial charge is 2.00 e. The van der Waals surface area contributed by atoms with E-state index >= 15 is 0 Å². The Hall–Kier alpha value is -1.92. The molecule has 0 saturated heterocycles. The van der Waals surface area contributed by atoms with Gasteiger partial charge in [-0.05, 0) is 79.4 Å². The van der Waals surface area contributed by atoms with Crippen molar-refractivity contribution < 1.29 is 21.8 Å². The molecule has 3 aliphatic rings. The molecule has 0 N–H and O–H groups in total. The summed E-state index contributed by atoms with van der Waals surface area (Å²) in [5, 5.41) is 2.68. The van der Waals surface area contributed by atoms with Gasteiger partial charge in [0.2, 0.25) is 0 Å². The predicted molar refractivity (Wildman–Crippen MR) is 170 cm³/mol. The minimum absolute atomic E-state index is 0. The molecule has 3 aromatic rings. The van der Waals surface area contributed by atoms with Crippen LogP contribution < -0.4 is 10.6 Å². The van der Waals surface area contributed by atoms with Gasteiger partial charge in [0.05, 0.1) is 12.0 Å². The molecule has 6 rings (SSSR count). The average molecular weight is 600 g/mol. The van der Waals surface area contributed by atoms with Gasteiger partial charge >= 0.3 is 17.1 Å². The predicted octanol–water partition coefficient (Wildman–Crippen LogP) is 7.86. The van der Waals surface area contributed by atoms with E-state index in [0.717, 1.165) is 18.2 Å². The van der Waals surface area contributed by atoms with E-state index in [1.807, 2.05) is 0 Å². The van der Waals surface area contributed by atoms with Crippen molar-refractivity contribution in [1.29, 1.82) is 0 Å². The molecule has 4 heteroatoms. The summed E-state index contributed by atoms with van der Waals surface area (Å²) in [6, 6.07) is 32.2. The third kappa shape index (κ3) is 7.54. The summed E-state index contributed by atoms with van der Waals surface area (Å²) in [6.45, 7) is 11.6. The summed E-state index contributed by atoms with van der Waals surface area (Å²) in [4.78, 5) is 4.96. The van der Waals surface area contributed by atoms with Crippen molar-refractivity contribution in [2.75, 3.05) is 6.61 Å². The molecule has 2 aliphatic carbocycles. The van der Waals surface area contributed by atoms with Crippen LogP contribution in [0, 0.1) is 60.4 Å². The smallest absolute Gasteiger partial charge is 0.478 e. The first kappa shape index (κ1) is 32.0. The second-order valence-corrected chi connectivity index (χ2v) is 12.7. The molecule has 41 heavy (non-hydrogen) atoms. The van der Waals surface area contributed by atoms with E-state index in [-0.39, 0.29) is 23.1 Å². The number of rotatable bonds is 6. The molecule has 2 fully saturated rings. The summed E-state index contributed by atoms with van der Waals surface area (Å²) < 4.78 is 6.11. The molecule has 1 aliphatic heterocycles. The summed E-state index contributed by atoms with van der Waals surface area (Å²) in [5.74, 6) is 9.25. The van der Waals surface area contributed by atoms with Gasteiger partial charge in [0.25, 0.3) is 0 Å². The van der Waals surface area contributed by atoms with Crippen molar-refractivity contribution in [2.45, 2.75) is 47.1 Å². The Balaban J connectivity index is 0.000000300. The second kappa shape index (κ2) is 15.0. The van der Waals surface area contributed by atoms with Crippen LogP contribution in [0.1, 0.15) is 40.2 Å². The molecule has 0 spiro atoms. The van der Waals surface area contributed by atoms with Crippen LogP contribution in [0.2, 0.25) is 0 Å². The van der Waals surface area contributed by atoms with Crippen molar-refractivity contribution >= 4 is 24.4 Å². The molecular formula is C37H38FeNOP+2. The van der Waals surface area contributed by atoms with Crippen molar-refractivity contribution in [3.05, 3.63) is 157 Å². The maximum absolute atomic E-state index is 6.11. The van der Waals surface area contributed by atoms with E-state index in [0.29, 0.717) is 6.61 Å². The maximum atomic E-state index is 6.11. The van der Waals surface area contributed by atoms with Gasteiger partial charge in [-0.3, -0.25) is 0 Å². The first-order chi connectivity index (χ1) is 19.4. The third-order valence-electron chi connectivity index (χ3n) is 8.13. The number of hydrogen-bond donors (Lipinski definition) is 0. The summed E-state index contributed by atoms with van der Waals surface area (Å²) in [7, 11) is -0.669. The van der Waals surface area contributed by atoms with Crippen molar-refractivity contribution in [2.24, 2.45) is 4.99 Å². The minimum Gasteiger partial charge on any atom is -0.478 e. The fraction of sp³-hybridized carbons (Fsp3) is 0.216. The summed E-state index contributed by atoms with van der Waals surface area (Å²) in [5.41, 5.74) is 2.61. The molecular weight excluding hydrogens is 561 g/mol. The Morgan fingerprint density at radius 2 is 1.12 bits per heavy atom. The van der Waals surface area contributed by atoms with E-state index in [1.54, 1.807) is 0 Å². The molecule has 0 amide bonds. The summed E-state index contributed by atoms with van der Waals surface area (Å²) >= 11 is 0. The number of aliphatic imine (C=N–C) groups is 1. The van der Waals surface area contributed by atoms with E-state index in [2.05, 4.69) is 145 Å². The first-order valence-electron chi connectivity index (χ1n) is 14.0. The maximum Gasteiger partial charge on any atom is 2.00 e. The topological polar surface area (TPSA) is 21.6 Å². The Kier molecular flexibility index (Phi) is 11.7. The molecule has 2 nitrogen and oxygen atoms in total.